The number of rotatable bonds is 6. The summed E-state index contributed by atoms with van der Waals surface area (Å²) in [4.78, 5) is 38.1. The molecule has 0 aliphatic carbocycles. The van der Waals surface area contributed by atoms with Crippen molar-refractivity contribution in [3.63, 3.8) is 0 Å². The van der Waals surface area contributed by atoms with Crippen molar-refractivity contribution in [3.8, 4) is 11.5 Å². The lowest BCUT2D eigenvalue weighted by molar-refractivity contribution is -0.133. The van der Waals surface area contributed by atoms with E-state index in [9.17, 15) is 18.8 Å². The van der Waals surface area contributed by atoms with E-state index in [-0.39, 0.29) is 24.5 Å². The van der Waals surface area contributed by atoms with Crippen LogP contribution in [0.15, 0.2) is 48.5 Å². The molecule has 30 heavy (non-hydrogen) atoms. The monoisotopic (exact) mass is 415 g/mol. The van der Waals surface area contributed by atoms with Crippen LogP contribution < -0.4 is 25.2 Å². The summed E-state index contributed by atoms with van der Waals surface area (Å²) in [5.74, 6) is -1.44. The molecular weight excluding hydrogens is 393 g/mol. The molecule has 0 saturated heterocycles. The van der Waals surface area contributed by atoms with Gasteiger partial charge >= 0.3 is 0 Å². The minimum absolute atomic E-state index is 0.0304. The fraction of sp³-hybridized carbons (Fsp3) is 0.286. The summed E-state index contributed by atoms with van der Waals surface area (Å²) in [7, 11) is 0. The van der Waals surface area contributed by atoms with E-state index < -0.39 is 23.7 Å². The molecule has 2 N–H and O–H groups in total. The van der Waals surface area contributed by atoms with Gasteiger partial charge in [0.15, 0.2) is 17.7 Å². The Morgan fingerprint density at radius 2 is 1.83 bits per heavy atom. The SMILES string of the molecule is CC(Oc1ccccc1F)C(=O)NNC(=O)CCC(=O)N1CCOc2ccccc21. The maximum absolute atomic E-state index is 13.6. The first-order valence-corrected chi connectivity index (χ1v) is 9.48. The van der Waals surface area contributed by atoms with Gasteiger partial charge in [-0.05, 0) is 31.2 Å². The highest BCUT2D eigenvalue weighted by Gasteiger charge is 2.24. The lowest BCUT2D eigenvalue weighted by Crippen LogP contribution is -2.47. The summed E-state index contributed by atoms with van der Waals surface area (Å²) in [6.07, 6.45) is -1.17. The van der Waals surface area contributed by atoms with Gasteiger partial charge in [-0.25, -0.2) is 4.39 Å². The molecule has 2 aromatic rings. The van der Waals surface area contributed by atoms with Gasteiger partial charge < -0.3 is 14.4 Å². The van der Waals surface area contributed by atoms with Gasteiger partial charge in [0.25, 0.3) is 5.91 Å². The quantitative estimate of drug-likeness (QED) is 0.703. The summed E-state index contributed by atoms with van der Waals surface area (Å²) in [5.41, 5.74) is 5.11. The third-order valence-electron chi connectivity index (χ3n) is 4.43. The zero-order chi connectivity index (χ0) is 21.5. The van der Waals surface area contributed by atoms with Crippen LogP contribution in [-0.4, -0.2) is 37.0 Å². The third-order valence-corrected chi connectivity index (χ3v) is 4.43. The van der Waals surface area contributed by atoms with Crippen LogP contribution in [-0.2, 0) is 14.4 Å². The number of ether oxygens (including phenoxy) is 2. The smallest absolute Gasteiger partial charge is 0.279 e. The van der Waals surface area contributed by atoms with E-state index in [4.69, 9.17) is 9.47 Å². The largest absolute Gasteiger partial charge is 0.490 e. The Morgan fingerprint density at radius 1 is 1.10 bits per heavy atom. The molecule has 1 heterocycles. The third kappa shape index (κ3) is 5.25. The molecule has 0 saturated carbocycles. The molecule has 1 aliphatic heterocycles. The number of para-hydroxylation sites is 3. The van der Waals surface area contributed by atoms with Crippen LogP contribution in [0.3, 0.4) is 0 Å². The summed E-state index contributed by atoms with van der Waals surface area (Å²) in [6.45, 7) is 2.21. The number of halogens is 1. The van der Waals surface area contributed by atoms with Gasteiger partial charge in [0.2, 0.25) is 11.8 Å². The molecule has 0 fully saturated rings. The van der Waals surface area contributed by atoms with Crippen LogP contribution in [0.1, 0.15) is 19.8 Å². The average molecular weight is 415 g/mol. The molecule has 1 atom stereocenters. The molecule has 8 nitrogen and oxygen atoms in total. The highest BCUT2D eigenvalue weighted by atomic mass is 19.1. The number of nitrogens with one attached hydrogen (secondary N) is 2. The van der Waals surface area contributed by atoms with Gasteiger partial charge in [0.1, 0.15) is 12.4 Å². The fourth-order valence-corrected chi connectivity index (χ4v) is 2.86. The number of nitrogens with zero attached hydrogens (tertiary/aromatic N) is 1. The Hall–Kier alpha value is -3.62. The maximum Gasteiger partial charge on any atom is 0.279 e. The first-order chi connectivity index (χ1) is 14.5. The second-order valence-electron chi connectivity index (χ2n) is 6.59. The molecule has 0 spiro atoms. The summed E-state index contributed by atoms with van der Waals surface area (Å²) < 4.78 is 24.3. The van der Waals surface area contributed by atoms with Crippen molar-refractivity contribution in [2.75, 3.05) is 18.1 Å². The van der Waals surface area contributed by atoms with E-state index >= 15 is 0 Å². The molecule has 3 amide bonds. The van der Waals surface area contributed by atoms with E-state index in [2.05, 4.69) is 10.9 Å². The van der Waals surface area contributed by atoms with Gasteiger partial charge in [-0.2, -0.15) is 0 Å². The van der Waals surface area contributed by atoms with Crippen LogP contribution in [0.25, 0.3) is 0 Å². The second-order valence-corrected chi connectivity index (χ2v) is 6.59. The molecule has 9 heteroatoms. The van der Waals surface area contributed by atoms with E-state index in [1.807, 2.05) is 6.07 Å². The predicted octanol–water partition coefficient (Wildman–Crippen LogP) is 1.95. The summed E-state index contributed by atoms with van der Waals surface area (Å²) in [5, 5.41) is 0. The summed E-state index contributed by atoms with van der Waals surface area (Å²) in [6, 6.07) is 12.9. The number of carbonyl (C=O) groups excluding carboxylic acids is 3. The lowest BCUT2D eigenvalue weighted by atomic mass is 10.2. The Bertz CT molecular complexity index is 936. The van der Waals surface area contributed by atoms with Gasteiger partial charge in [-0.1, -0.05) is 24.3 Å². The van der Waals surface area contributed by atoms with Crippen LogP contribution in [0, 0.1) is 5.82 Å². The van der Waals surface area contributed by atoms with Gasteiger partial charge in [-0.15, -0.1) is 0 Å². The lowest BCUT2D eigenvalue weighted by Gasteiger charge is -2.29. The minimum Gasteiger partial charge on any atom is -0.490 e. The van der Waals surface area contributed by atoms with Gasteiger partial charge in [-0.3, -0.25) is 25.2 Å². The van der Waals surface area contributed by atoms with Crippen molar-refractivity contribution in [3.05, 3.63) is 54.3 Å². The van der Waals surface area contributed by atoms with Crippen molar-refractivity contribution in [1.82, 2.24) is 10.9 Å². The topological polar surface area (TPSA) is 97.0 Å². The van der Waals surface area contributed by atoms with Crippen LogP contribution >= 0.6 is 0 Å². The van der Waals surface area contributed by atoms with Gasteiger partial charge in [0, 0.05) is 12.8 Å². The number of carbonyl (C=O) groups is 3. The van der Waals surface area contributed by atoms with Crippen LogP contribution in [0.4, 0.5) is 10.1 Å². The van der Waals surface area contributed by atoms with Crippen LogP contribution in [0.2, 0.25) is 0 Å². The van der Waals surface area contributed by atoms with Gasteiger partial charge in [0.05, 0.1) is 12.2 Å². The molecule has 2 aromatic carbocycles. The molecule has 158 valence electrons. The van der Waals surface area contributed by atoms with E-state index in [1.54, 1.807) is 29.2 Å². The van der Waals surface area contributed by atoms with E-state index in [1.165, 1.54) is 25.1 Å². The Morgan fingerprint density at radius 3 is 2.63 bits per heavy atom. The van der Waals surface area contributed by atoms with Crippen molar-refractivity contribution in [2.24, 2.45) is 0 Å². The van der Waals surface area contributed by atoms with Crippen LogP contribution in [0.5, 0.6) is 11.5 Å². The van der Waals surface area contributed by atoms with E-state index in [0.29, 0.717) is 24.6 Å². The first-order valence-electron chi connectivity index (χ1n) is 9.48. The normalized spacial score (nSPS) is 13.5. The summed E-state index contributed by atoms with van der Waals surface area (Å²) >= 11 is 0. The van der Waals surface area contributed by atoms with Crippen molar-refractivity contribution in [1.29, 1.82) is 0 Å². The number of benzene rings is 2. The number of amides is 3. The molecular formula is C21H22FN3O5. The second kappa shape index (κ2) is 9.73. The zero-order valence-electron chi connectivity index (χ0n) is 16.4. The number of hydrogen-bond donors (Lipinski definition) is 2. The zero-order valence-corrected chi connectivity index (χ0v) is 16.4. The Balaban J connectivity index is 1.43. The number of hydrogen-bond acceptors (Lipinski definition) is 5. The molecule has 1 aliphatic rings. The Labute approximate surface area is 172 Å². The molecule has 3 rings (SSSR count). The average Bonchev–Trinajstić information content (AvgIpc) is 2.76. The maximum atomic E-state index is 13.6. The number of hydrazine groups is 1. The first kappa shape index (κ1) is 21.1. The van der Waals surface area contributed by atoms with Crippen molar-refractivity contribution < 1.29 is 28.2 Å². The fourth-order valence-electron chi connectivity index (χ4n) is 2.86. The number of fused-ring (bicyclic) bond motifs is 1. The minimum atomic E-state index is -1.03. The van der Waals surface area contributed by atoms with Crippen molar-refractivity contribution >= 4 is 23.4 Å². The standard InChI is InChI=1S/C21H22FN3O5/c1-14(30-17-8-4-2-6-15(17)22)21(28)24-23-19(26)10-11-20(27)25-12-13-29-18-9-5-3-7-16(18)25/h2-9,14H,10-13H2,1H3,(H,23,26)(H,24,28). The molecule has 0 aromatic heterocycles. The van der Waals surface area contributed by atoms with E-state index in [0.717, 1.165) is 0 Å². The van der Waals surface area contributed by atoms with Crippen molar-refractivity contribution in [2.45, 2.75) is 25.9 Å². The molecule has 0 bridgehead atoms. The Kier molecular flexibility index (Phi) is 6.84. The highest BCUT2D eigenvalue weighted by molar-refractivity contribution is 5.97. The number of anilines is 1. The highest BCUT2D eigenvalue weighted by Crippen LogP contribution is 2.31. The predicted molar refractivity (Wildman–Crippen MR) is 106 cm³/mol. The molecule has 0 radical (unpaired) electrons. The molecule has 1 unspecified atom stereocenters.